The van der Waals surface area contributed by atoms with Gasteiger partial charge < -0.3 is 20.3 Å². The standard InChI is InChI=1S/C26H27N7O/c27-25-28-9-11-33(25)22-4-2-19(3-5-22)20-16-21-18-32(26-29-7-1-8-30-26)10-6-23(21)24(17-20)31-12-14-34-15-13-31/h1-5,7-9,11,16-17H,6,10,12-15,18H2,(H2,27,28). The smallest absolute Gasteiger partial charge is 0.225 e. The molecule has 8 heteroatoms. The van der Waals surface area contributed by atoms with Crippen molar-refractivity contribution in [3.8, 4) is 16.8 Å². The molecular formula is C26H27N7O. The Morgan fingerprint density at radius 2 is 1.62 bits per heavy atom. The minimum atomic E-state index is 0.486. The number of hydrogen-bond donors (Lipinski definition) is 1. The molecule has 0 spiro atoms. The molecule has 2 aliphatic heterocycles. The molecule has 0 bridgehead atoms. The monoisotopic (exact) mass is 453 g/mol. The summed E-state index contributed by atoms with van der Waals surface area (Å²) in [7, 11) is 0. The summed E-state index contributed by atoms with van der Waals surface area (Å²) in [4.78, 5) is 17.8. The molecule has 34 heavy (non-hydrogen) atoms. The third kappa shape index (κ3) is 3.86. The lowest BCUT2D eigenvalue weighted by molar-refractivity contribution is 0.122. The molecule has 0 amide bonds. The molecule has 2 aliphatic rings. The Morgan fingerprint density at radius 1 is 0.824 bits per heavy atom. The number of nitrogens with zero attached hydrogens (tertiary/aromatic N) is 6. The predicted octanol–water partition coefficient (Wildman–Crippen LogP) is 3.31. The Kier molecular flexibility index (Phi) is 5.35. The van der Waals surface area contributed by atoms with E-state index in [4.69, 9.17) is 10.5 Å². The second-order valence-corrected chi connectivity index (χ2v) is 8.66. The molecule has 4 heterocycles. The van der Waals surface area contributed by atoms with E-state index in [1.54, 1.807) is 6.20 Å². The van der Waals surface area contributed by atoms with Gasteiger partial charge in [0.1, 0.15) is 0 Å². The lowest BCUT2D eigenvalue weighted by Crippen LogP contribution is -2.38. The van der Waals surface area contributed by atoms with Crippen LogP contribution in [0.25, 0.3) is 16.8 Å². The highest BCUT2D eigenvalue weighted by atomic mass is 16.5. The van der Waals surface area contributed by atoms with Crippen LogP contribution in [-0.4, -0.2) is 52.4 Å². The summed E-state index contributed by atoms with van der Waals surface area (Å²) in [6.45, 7) is 5.08. The van der Waals surface area contributed by atoms with Crippen LogP contribution in [0.15, 0.2) is 67.3 Å². The Balaban J connectivity index is 1.39. The van der Waals surface area contributed by atoms with Crippen LogP contribution < -0.4 is 15.5 Å². The maximum absolute atomic E-state index is 5.98. The zero-order chi connectivity index (χ0) is 22.9. The van der Waals surface area contributed by atoms with Crippen molar-refractivity contribution < 1.29 is 4.74 Å². The molecule has 6 rings (SSSR count). The van der Waals surface area contributed by atoms with Crippen molar-refractivity contribution in [2.24, 2.45) is 0 Å². The van der Waals surface area contributed by atoms with Gasteiger partial charge >= 0.3 is 0 Å². The van der Waals surface area contributed by atoms with Gasteiger partial charge in [-0.05, 0) is 59.0 Å². The predicted molar refractivity (Wildman–Crippen MR) is 133 cm³/mol. The summed E-state index contributed by atoms with van der Waals surface area (Å²) >= 11 is 0. The van der Waals surface area contributed by atoms with Crippen molar-refractivity contribution in [3.63, 3.8) is 0 Å². The fraction of sp³-hybridized carbons (Fsp3) is 0.269. The number of rotatable bonds is 4. The number of morpholine rings is 1. The molecule has 0 unspecified atom stereocenters. The minimum absolute atomic E-state index is 0.486. The first-order valence-corrected chi connectivity index (χ1v) is 11.7. The lowest BCUT2D eigenvalue weighted by atomic mass is 9.92. The molecule has 0 atom stereocenters. The van der Waals surface area contributed by atoms with Crippen molar-refractivity contribution >= 4 is 17.6 Å². The quantitative estimate of drug-likeness (QED) is 0.507. The summed E-state index contributed by atoms with van der Waals surface area (Å²) in [5.41, 5.74) is 13.5. The Morgan fingerprint density at radius 3 is 2.35 bits per heavy atom. The normalized spacial score (nSPS) is 15.9. The number of hydrogen-bond acceptors (Lipinski definition) is 7. The largest absolute Gasteiger partial charge is 0.378 e. The molecule has 0 aliphatic carbocycles. The third-order valence-electron chi connectivity index (χ3n) is 6.65. The van der Waals surface area contributed by atoms with E-state index in [0.29, 0.717) is 5.95 Å². The molecule has 0 saturated carbocycles. The molecule has 8 nitrogen and oxygen atoms in total. The van der Waals surface area contributed by atoms with Gasteiger partial charge in [0, 0.05) is 62.3 Å². The Bertz CT molecular complexity index is 1280. The van der Waals surface area contributed by atoms with E-state index in [1.807, 2.05) is 29.2 Å². The van der Waals surface area contributed by atoms with Crippen LogP contribution in [0.4, 0.5) is 17.6 Å². The molecule has 2 aromatic carbocycles. The first kappa shape index (κ1) is 20.7. The van der Waals surface area contributed by atoms with Gasteiger partial charge in [-0.2, -0.15) is 0 Å². The van der Waals surface area contributed by atoms with Gasteiger partial charge in [-0.3, -0.25) is 4.57 Å². The van der Waals surface area contributed by atoms with Gasteiger partial charge in [0.25, 0.3) is 0 Å². The number of anilines is 3. The summed E-state index contributed by atoms with van der Waals surface area (Å²) in [6, 6.07) is 15.0. The zero-order valence-corrected chi connectivity index (χ0v) is 19.0. The van der Waals surface area contributed by atoms with Gasteiger partial charge in [-0.25, -0.2) is 15.0 Å². The van der Waals surface area contributed by atoms with Crippen LogP contribution in [-0.2, 0) is 17.7 Å². The molecule has 1 saturated heterocycles. The summed E-state index contributed by atoms with van der Waals surface area (Å²) in [6.07, 6.45) is 8.17. The van der Waals surface area contributed by atoms with Gasteiger partial charge in [-0.15, -0.1) is 0 Å². The molecule has 4 aromatic rings. The van der Waals surface area contributed by atoms with Crippen molar-refractivity contribution in [1.82, 2.24) is 19.5 Å². The van der Waals surface area contributed by atoms with Crippen LogP contribution in [0, 0.1) is 0 Å². The van der Waals surface area contributed by atoms with E-state index in [-0.39, 0.29) is 0 Å². The number of benzene rings is 2. The van der Waals surface area contributed by atoms with Crippen molar-refractivity contribution in [2.45, 2.75) is 13.0 Å². The van der Waals surface area contributed by atoms with E-state index in [1.165, 1.54) is 27.9 Å². The van der Waals surface area contributed by atoms with E-state index in [2.05, 4.69) is 61.1 Å². The first-order chi connectivity index (χ1) is 16.8. The number of nitrogen functional groups attached to an aromatic ring is 1. The van der Waals surface area contributed by atoms with Crippen molar-refractivity contribution in [1.29, 1.82) is 0 Å². The number of ether oxygens (including phenoxy) is 1. The van der Waals surface area contributed by atoms with Crippen molar-refractivity contribution in [3.05, 3.63) is 78.4 Å². The van der Waals surface area contributed by atoms with Crippen LogP contribution in [0.3, 0.4) is 0 Å². The van der Waals surface area contributed by atoms with Gasteiger partial charge in [-0.1, -0.05) is 12.1 Å². The first-order valence-electron chi connectivity index (χ1n) is 11.7. The average molecular weight is 454 g/mol. The molecular weight excluding hydrogens is 426 g/mol. The average Bonchev–Trinajstić information content (AvgIpc) is 3.34. The number of nitrogens with two attached hydrogens (primary N) is 1. The highest BCUT2D eigenvalue weighted by molar-refractivity contribution is 5.74. The van der Waals surface area contributed by atoms with E-state index in [0.717, 1.165) is 57.4 Å². The van der Waals surface area contributed by atoms with E-state index in [9.17, 15) is 0 Å². The summed E-state index contributed by atoms with van der Waals surface area (Å²) < 4.78 is 7.51. The fourth-order valence-electron chi connectivity index (χ4n) is 4.90. The van der Waals surface area contributed by atoms with E-state index >= 15 is 0 Å². The maximum Gasteiger partial charge on any atom is 0.225 e. The van der Waals surface area contributed by atoms with Gasteiger partial charge in [0.2, 0.25) is 11.9 Å². The summed E-state index contributed by atoms with van der Waals surface area (Å²) in [5.74, 6) is 1.27. The molecule has 1 fully saturated rings. The van der Waals surface area contributed by atoms with Crippen LogP contribution in [0.5, 0.6) is 0 Å². The Labute approximate surface area is 198 Å². The van der Waals surface area contributed by atoms with Crippen LogP contribution in [0.1, 0.15) is 11.1 Å². The SMILES string of the molecule is Nc1nccn1-c1ccc(-c2cc3c(c(N4CCOCC4)c2)CCN(c2ncccn2)C3)cc1. The van der Waals surface area contributed by atoms with Crippen molar-refractivity contribution in [2.75, 3.05) is 48.4 Å². The minimum Gasteiger partial charge on any atom is -0.378 e. The van der Waals surface area contributed by atoms with E-state index < -0.39 is 0 Å². The van der Waals surface area contributed by atoms with Crippen LogP contribution >= 0.6 is 0 Å². The van der Waals surface area contributed by atoms with Crippen LogP contribution in [0.2, 0.25) is 0 Å². The summed E-state index contributed by atoms with van der Waals surface area (Å²) in [5, 5.41) is 0. The topological polar surface area (TPSA) is 85.3 Å². The highest BCUT2D eigenvalue weighted by Gasteiger charge is 2.25. The second kappa shape index (κ2) is 8.79. The fourth-order valence-corrected chi connectivity index (χ4v) is 4.90. The van der Waals surface area contributed by atoms with Gasteiger partial charge in [0.05, 0.1) is 13.2 Å². The lowest BCUT2D eigenvalue weighted by Gasteiger charge is -2.36. The maximum atomic E-state index is 5.98. The molecule has 0 radical (unpaired) electrons. The molecule has 2 N–H and O–H groups in total. The molecule has 2 aromatic heterocycles. The number of fused-ring (bicyclic) bond motifs is 1. The third-order valence-corrected chi connectivity index (χ3v) is 6.65. The highest BCUT2D eigenvalue weighted by Crippen LogP contribution is 2.36. The molecule has 172 valence electrons. The second-order valence-electron chi connectivity index (χ2n) is 8.66. The number of imidazole rings is 1. The zero-order valence-electron chi connectivity index (χ0n) is 19.0. The Hall–Kier alpha value is -3.91. The number of aromatic nitrogens is 4. The van der Waals surface area contributed by atoms with Gasteiger partial charge in [0.15, 0.2) is 0 Å².